The number of nitro groups is 1. The molecule has 2 rings (SSSR count). The van der Waals surface area contributed by atoms with Crippen molar-refractivity contribution in [2.75, 3.05) is 0 Å². The molecule has 0 amide bonds. The van der Waals surface area contributed by atoms with Gasteiger partial charge in [0.1, 0.15) is 0 Å². The van der Waals surface area contributed by atoms with Crippen molar-refractivity contribution in [2.24, 2.45) is 4.99 Å². The van der Waals surface area contributed by atoms with E-state index in [4.69, 9.17) is 0 Å². The second-order valence-electron chi connectivity index (χ2n) is 3.59. The predicted molar refractivity (Wildman–Crippen MR) is 74.5 cm³/mol. The van der Waals surface area contributed by atoms with Crippen LogP contribution in [0.1, 0.15) is 5.56 Å². The Morgan fingerprint density at radius 1 is 1.17 bits per heavy atom. The number of rotatable bonds is 3. The van der Waals surface area contributed by atoms with Crippen molar-refractivity contribution >= 4 is 33.5 Å². The van der Waals surface area contributed by atoms with Crippen molar-refractivity contribution in [1.29, 1.82) is 0 Å². The van der Waals surface area contributed by atoms with Gasteiger partial charge >= 0.3 is 0 Å². The van der Waals surface area contributed by atoms with Crippen molar-refractivity contribution < 1.29 is 4.92 Å². The third-order valence-electron chi connectivity index (χ3n) is 2.25. The predicted octanol–water partition coefficient (Wildman–Crippen LogP) is 4.11. The van der Waals surface area contributed by atoms with E-state index in [1.54, 1.807) is 18.3 Å². The molecule has 2 aromatic carbocycles. The van der Waals surface area contributed by atoms with E-state index in [-0.39, 0.29) is 5.69 Å². The summed E-state index contributed by atoms with van der Waals surface area (Å²) in [5, 5.41) is 10.6. The average Bonchev–Trinajstić information content (AvgIpc) is 2.37. The number of hydrogen-bond donors (Lipinski definition) is 0. The molecule has 0 fully saturated rings. The van der Waals surface area contributed by atoms with Gasteiger partial charge < -0.3 is 0 Å². The summed E-state index contributed by atoms with van der Waals surface area (Å²) in [6.45, 7) is 0. The molecule has 0 spiro atoms. The summed E-state index contributed by atoms with van der Waals surface area (Å²) < 4.78 is 0.963. The van der Waals surface area contributed by atoms with Crippen LogP contribution < -0.4 is 0 Å². The molecule has 0 aliphatic heterocycles. The van der Waals surface area contributed by atoms with Gasteiger partial charge in [-0.1, -0.05) is 34.1 Å². The van der Waals surface area contributed by atoms with Crippen LogP contribution in [0.25, 0.3) is 0 Å². The standard InChI is InChI=1S/C13H9BrN2O2/c14-11-4-1-3-10(7-11)9-15-12-5-2-6-13(8-12)16(17)18/h1-9H. The van der Waals surface area contributed by atoms with Crippen molar-refractivity contribution in [1.82, 2.24) is 0 Å². The summed E-state index contributed by atoms with van der Waals surface area (Å²) in [5.74, 6) is 0. The zero-order valence-corrected chi connectivity index (χ0v) is 10.9. The van der Waals surface area contributed by atoms with E-state index in [1.807, 2.05) is 24.3 Å². The molecule has 0 N–H and O–H groups in total. The molecular weight excluding hydrogens is 296 g/mol. The smallest absolute Gasteiger partial charge is 0.258 e. The van der Waals surface area contributed by atoms with Crippen LogP contribution in [-0.4, -0.2) is 11.1 Å². The fraction of sp³-hybridized carbons (Fsp3) is 0. The van der Waals surface area contributed by atoms with Crippen LogP contribution in [0.5, 0.6) is 0 Å². The van der Waals surface area contributed by atoms with E-state index >= 15 is 0 Å². The average molecular weight is 305 g/mol. The molecule has 0 aromatic heterocycles. The third-order valence-corrected chi connectivity index (χ3v) is 2.75. The van der Waals surface area contributed by atoms with Crippen molar-refractivity contribution in [2.45, 2.75) is 0 Å². The number of halogens is 1. The Hall–Kier alpha value is -2.01. The SMILES string of the molecule is O=[N+]([O-])c1cccc(N=Cc2cccc(Br)c2)c1. The number of nitro benzene ring substituents is 1. The molecule has 0 bridgehead atoms. The molecule has 0 saturated carbocycles. The van der Waals surface area contributed by atoms with Gasteiger partial charge in [0.2, 0.25) is 0 Å². The quantitative estimate of drug-likeness (QED) is 0.487. The summed E-state index contributed by atoms with van der Waals surface area (Å²) in [6.07, 6.45) is 1.67. The minimum Gasteiger partial charge on any atom is -0.258 e. The van der Waals surface area contributed by atoms with Gasteiger partial charge in [-0.2, -0.15) is 0 Å². The van der Waals surface area contributed by atoms with Crippen LogP contribution in [0, 0.1) is 10.1 Å². The molecular formula is C13H9BrN2O2. The molecule has 0 heterocycles. The number of hydrogen-bond acceptors (Lipinski definition) is 3. The Bertz CT molecular complexity index is 611. The largest absolute Gasteiger partial charge is 0.271 e. The van der Waals surface area contributed by atoms with Crippen LogP contribution in [0.15, 0.2) is 58.0 Å². The summed E-state index contributed by atoms with van der Waals surface area (Å²) in [7, 11) is 0. The normalized spacial score (nSPS) is 10.7. The highest BCUT2D eigenvalue weighted by molar-refractivity contribution is 9.10. The number of aliphatic imine (C=N–C) groups is 1. The highest BCUT2D eigenvalue weighted by atomic mass is 79.9. The van der Waals surface area contributed by atoms with Crippen LogP contribution >= 0.6 is 15.9 Å². The monoisotopic (exact) mass is 304 g/mol. The van der Waals surface area contributed by atoms with Gasteiger partial charge in [-0.15, -0.1) is 0 Å². The summed E-state index contributed by atoms with van der Waals surface area (Å²) >= 11 is 3.37. The molecule has 18 heavy (non-hydrogen) atoms. The van der Waals surface area contributed by atoms with Crippen molar-refractivity contribution in [3.8, 4) is 0 Å². The Kier molecular flexibility index (Phi) is 3.84. The van der Waals surface area contributed by atoms with E-state index in [0.29, 0.717) is 5.69 Å². The fourth-order valence-corrected chi connectivity index (χ4v) is 1.84. The Balaban J connectivity index is 2.23. The Morgan fingerprint density at radius 2 is 1.94 bits per heavy atom. The van der Waals surface area contributed by atoms with Gasteiger partial charge in [0.15, 0.2) is 0 Å². The van der Waals surface area contributed by atoms with E-state index in [1.165, 1.54) is 12.1 Å². The zero-order chi connectivity index (χ0) is 13.0. The van der Waals surface area contributed by atoms with Crippen LogP contribution in [0.2, 0.25) is 0 Å². The fourth-order valence-electron chi connectivity index (χ4n) is 1.42. The molecule has 0 aliphatic rings. The van der Waals surface area contributed by atoms with Gasteiger partial charge in [-0.25, -0.2) is 0 Å². The van der Waals surface area contributed by atoms with Gasteiger partial charge in [0, 0.05) is 22.8 Å². The molecule has 0 unspecified atom stereocenters. The maximum Gasteiger partial charge on any atom is 0.271 e. The molecule has 5 heteroatoms. The van der Waals surface area contributed by atoms with Gasteiger partial charge in [-0.05, 0) is 23.8 Å². The maximum absolute atomic E-state index is 10.6. The number of nitrogens with zero attached hydrogens (tertiary/aromatic N) is 2. The summed E-state index contributed by atoms with van der Waals surface area (Å²) in [4.78, 5) is 14.4. The lowest BCUT2D eigenvalue weighted by molar-refractivity contribution is -0.384. The van der Waals surface area contributed by atoms with Crippen LogP contribution in [-0.2, 0) is 0 Å². The van der Waals surface area contributed by atoms with E-state index in [9.17, 15) is 10.1 Å². The first-order valence-electron chi connectivity index (χ1n) is 5.19. The third kappa shape index (κ3) is 3.24. The highest BCUT2D eigenvalue weighted by Crippen LogP contribution is 2.19. The Morgan fingerprint density at radius 3 is 2.67 bits per heavy atom. The maximum atomic E-state index is 10.6. The number of benzene rings is 2. The van der Waals surface area contributed by atoms with Gasteiger partial charge in [0.05, 0.1) is 10.6 Å². The molecule has 90 valence electrons. The Labute approximate surface area is 112 Å². The van der Waals surface area contributed by atoms with E-state index < -0.39 is 4.92 Å². The van der Waals surface area contributed by atoms with Gasteiger partial charge in [0.25, 0.3) is 5.69 Å². The summed E-state index contributed by atoms with van der Waals surface area (Å²) in [6, 6.07) is 13.9. The molecule has 0 atom stereocenters. The van der Waals surface area contributed by atoms with Crippen molar-refractivity contribution in [3.63, 3.8) is 0 Å². The van der Waals surface area contributed by atoms with E-state index in [0.717, 1.165) is 10.0 Å². The van der Waals surface area contributed by atoms with E-state index in [2.05, 4.69) is 20.9 Å². The molecule has 0 radical (unpaired) electrons. The summed E-state index contributed by atoms with van der Waals surface area (Å²) in [5.41, 5.74) is 1.53. The second kappa shape index (κ2) is 5.55. The highest BCUT2D eigenvalue weighted by Gasteiger charge is 2.04. The van der Waals surface area contributed by atoms with Gasteiger partial charge in [-0.3, -0.25) is 15.1 Å². The minimum atomic E-state index is -0.432. The molecule has 0 saturated heterocycles. The molecule has 2 aromatic rings. The lowest BCUT2D eigenvalue weighted by Crippen LogP contribution is -1.86. The number of non-ortho nitro benzene ring substituents is 1. The molecule has 0 aliphatic carbocycles. The lowest BCUT2D eigenvalue weighted by Gasteiger charge is -1.96. The first kappa shape index (κ1) is 12.4. The second-order valence-corrected chi connectivity index (χ2v) is 4.51. The minimum absolute atomic E-state index is 0.0406. The lowest BCUT2D eigenvalue weighted by atomic mass is 10.2. The van der Waals surface area contributed by atoms with Crippen LogP contribution in [0.4, 0.5) is 11.4 Å². The van der Waals surface area contributed by atoms with Crippen molar-refractivity contribution in [3.05, 3.63) is 68.7 Å². The van der Waals surface area contributed by atoms with Crippen LogP contribution in [0.3, 0.4) is 0 Å². The zero-order valence-electron chi connectivity index (χ0n) is 9.29. The first-order chi connectivity index (χ1) is 8.65. The molecule has 4 nitrogen and oxygen atoms in total. The first-order valence-corrected chi connectivity index (χ1v) is 5.98. The topological polar surface area (TPSA) is 55.5 Å².